The molecule has 0 saturated carbocycles. The van der Waals surface area contributed by atoms with Crippen LogP contribution in [0.4, 0.5) is 0 Å². The molecule has 0 aliphatic rings. The Balaban J connectivity index is 3.50. The molecule has 0 aromatic carbocycles. The van der Waals surface area contributed by atoms with Crippen molar-refractivity contribution < 1.29 is 4.79 Å². The number of amides is 1. The first-order valence-electron chi connectivity index (χ1n) is 4.54. The summed E-state index contributed by atoms with van der Waals surface area (Å²) in [6, 6.07) is 2.10. The van der Waals surface area contributed by atoms with Crippen LogP contribution in [0.3, 0.4) is 0 Å². The van der Waals surface area contributed by atoms with E-state index in [0.717, 1.165) is 19.5 Å². The Hall–Kier alpha value is -1.08. The third kappa shape index (κ3) is 6.12. The predicted octanol–water partition coefficient (Wildman–Crippen LogP) is 0.358. The van der Waals surface area contributed by atoms with Crippen LogP contribution >= 0.6 is 0 Å². The van der Waals surface area contributed by atoms with E-state index in [1.54, 1.807) is 7.05 Å². The van der Waals surface area contributed by atoms with E-state index in [1.807, 2.05) is 11.8 Å². The highest BCUT2D eigenvalue weighted by atomic mass is 16.1. The minimum absolute atomic E-state index is 0.0630. The van der Waals surface area contributed by atoms with Crippen molar-refractivity contribution in [3.05, 3.63) is 0 Å². The molecule has 1 N–H and O–H groups in total. The lowest BCUT2D eigenvalue weighted by atomic mass is 10.3. The summed E-state index contributed by atoms with van der Waals surface area (Å²) in [4.78, 5) is 12.9. The highest BCUT2D eigenvalue weighted by Gasteiger charge is 2.02. The molecule has 0 aliphatic heterocycles. The first kappa shape index (κ1) is 11.9. The number of hydrogen-bond donors (Lipinski definition) is 1. The minimum atomic E-state index is 0.0630. The van der Waals surface area contributed by atoms with Crippen LogP contribution in [0.5, 0.6) is 0 Å². The summed E-state index contributed by atoms with van der Waals surface area (Å²) >= 11 is 0. The van der Waals surface area contributed by atoms with E-state index >= 15 is 0 Å². The third-order valence-electron chi connectivity index (χ3n) is 1.90. The quantitative estimate of drug-likeness (QED) is 0.605. The van der Waals surface area contributed by atoms with Gasteiger partial charge in [-0.05, 0) is 19.5 Å². The molecule has 0 bridgehead atoms. The smallest absolute Gasteiger partial charge is 0.219 e. The fourth-order valence-electron chi connectivity index (χ4n) is 1.04. The van der Waals surface area contributed by atoms with Gasteiger partial charge in [0.1, 0.15) is 0 Å². The Labute approximate surface area is 79.5 Å². The zero-order chi connectivity index (χ0) is 10.1. The molecule has 0 atom stereocenters. The van der Waals surface area contributed by atoms with Gasteiger partial charge >= 0.3 is 0 Å². The van der Waals surface area contributed by atoms with E-state index in [0.29, 0.717) is 13.0 Å². The Kier molecular flexibility index (Phi) is 6.93. The highest BCUT2D eigenvalue weighted by Crippen LogP contribution is 1.94. The third-order valence-corrected chi connectivity index (χ3v) is 1.90. The van der Waals surface area contributed by atoms with E-state index in [-0.39, 0.29) is 5.91 Å². The summed E-state index contributed by atoms with van der Waals surface area (Å²) < 4.78 is 0. The molecule has 0 heterocycles. The van der Waals surface area contributed by atoms with Crippen molar-refractivity contribution in [2.45, 2.75) is 19.8 Å². The molecule has 0 aromatic heterocycles. The van der Waals surface area contributed by atoms with E-state index in [2.05, 4.69) is 11.4 Å². The standard InChI is InChI=1S/C9H17N3O/c1-3-12(8-6-10)7-4-5-9(13)11-2/h3-5,7-8H2,1-2H3,(H,11,13). The van der Waals surface area contributed by atoms with Gasteiger partial charge < -0.3 is 5.32 Å². The fourth-order valence-corrected chi connectivity index (χ4v) is 1.04. The Morgan fingerprint density at radius 2 is 2.31 bits per heavy atom. The monoisotopic (exact) mass is 183 g/mol. The normalized spacial score (nSPS) is 9.69. The van der Waals surface area contributed by atoms with E-state index in [1.165, 1.54) is 0 Å². The Bertz CT molecular complexity index is 186. The molecule has 0 radical (unpaired) electrons. The summed E-state index contributed by atoms with van der Waals surface area (Å²) in [5.74, 6) is 0.0630. The van der Waals surface area contributed by atoms with Crippen LogP contribution in [0.2, 0.25) is 0 Å². The second kappa shape index (κ2) is 7.56. The second-order valence-corrected chi connectivity index (χ2v) is 2.80. The van der Waals surface area contributed by atoms with Crippen LogP contribution in [0.1, 0.15) is 19.8 Å². The molecule has 4 heteroatoms. The summed E-state index contributed by atoms with van der Waals surface area (Å²) in [7, 11) is 1.63. The van der Waals surface area contributed by atoms with E-state index in [4.69, 9.17) is 5.26 Å². The largest absolute Gasteiger partial charge is 0.359 e. The molecular weight excluding hydrogens is 166 g/mol. The molecule has 4 nitrogen and oxygen atoms in total. The fraction of sp³-hybridized carbons (Fsp3) is 0.778. The van der Waals surface area contributed by atoms with Crippen LogP contribution in [0.25, 0.3) is 0 Å². The van der Waals surface area contributed by atoms with Gasteiger partial charge in [0.25, 0.3) is 0 Å². The topological polar surface area (TPSA) is 56.1 Å². The van der Waals surface area contributed by atoms with Gasteiger partial charge in [0.15, 0.2) is 0 Å². The average Bonchev–Trinajstić information content (AvgIpc) is 2.16. The number of nitrogens with one attached hydrogen (secondary N) is 1. The summed E-state index contributed by atoms with van der Waals surface area (Å²) in [6.45, 7) is 4.14. The molecule has 0 spiro atoms. The van der Waals surface area contributed by atoms with Gasteiger partial charge in [-0.1, -0.05) is 6.92 Å². The van der Waals surface area contributed by atoms with Crippen molar-refractivity contribution in [3.63, 3.8) is 0 Å². The van der Waals surface area contributed by atoms with Gasteiger partial charge in [-0.2, -0.15) is 5.26 Å². The molecule has 0 aliphatic carbocycles. The number of hydrogen-bond acceptors (Lipinski definition) is 3. The summed E-state index contributed by atoms with van der Waals surface area (Å²) in [5, 5.41) is 11.0. The number of nitriles is 1. The van der Waals surface area contributed by atoms with Crippen LogP contribution in [-0.2, 0) is 4.79 Å². The summed E-state index contributed by atoms with van der Waals surface area (Å²) in [5.41, 5.74) is 0. The molecule has 0 aromatic rings. The van der Waals surface area contributed by atoms with Crippen molar-refractivity contribution >= 4 is 5.91 Å². The molecule has 74 valence electrons. The molecule has 0 unspecified atom stereocenters. The number of nitrogens with zero attached hydrogens (tertiary/aromatic N) is 2. The lowest BCUT2D eigenvalue weighted by molar-refractivity contribution is -0.120. The van der Waals surface area contributed by atoms with E-state index < -0.39 is 0 Å². The average molecular weight is 183 g/mol. The molecule has 0 fully saturated rings. The number of rotatable bonds is 6. The van der Waals surface area contributed by atoms with Crippen LogP contribution in [0.15, 0.2) is 0 Å². The van der Waals surface area contributed by atoms with E-state index in [9.17, 15) is 4.79 Å². The van der Waals surface area contributed by atoms with Gasteiger partial charge in [-0.3, -0.25) is 9.69 Å². The van der Waals surface area contributed by atoms with Crippen LogP contribution in [0, 0.1) is 11.3 Å². The number of carbonyl (C=O) groups is 1. The minimum Gasteiger partial charge on any atom is -0.359 e. The first-order chi connectivity index (χ1) is 6.24. The number of carbonyl (C=O) groups excluding carboxylic acids is 1. The Morgan fingerprint density at radius 3 is 2.77 bits per heavy atom. The van der Waals surface area contributed by atoms with Crippen molar-refractivity contribution in [1.82, 2.24) is 10.2 Å². The van der Waals surface area contributed by atoms with Gasteiger partial charge in [-0.25, -0.2) is 0 Å². The Morgan fingerprint density at radius 1 is 1.62 bits per heavy atom. The van der Waals surface area contributed by atoms with Gasteiger partial charge in [0.2, 0.25) is 5.91 Å². The predicted molar refractivity (Wildman–Crippen MR) is 51.0 cm³/mol. The molecule has 0 rings (SSSR count). The van der Waals surface area contributed by atoms with Crippen molar-refractivity contribution in [3.8, 4) is 6.07 Å². The zero-order valence-electron chi connectivity index (χ0n) is 8.34. The first-order valence-corrected chi connectivity index (χ1v) is 4.54. The molecular formula is C9H17N3O. The van der Waals surface area contributed by atoms with Gasteiger partial charge in [0.05, 0.1) is 12.6 Å². The molecule has 13 heavy (non-hydrogen) atoms. The second-order valence-electron chi connectivity index (χ2n) is 2.80. The van der Waals surface area contributed by atoms with Crippen molar-refractivity contribution in [2.24, 2.45) is 0 Å². The van der Waals surface area contributed by atoms with Gasteiger partial charge in [0, 0.05) is 13.5 Å². The van der Waals surface area contributed by atoms with Crippen LogP contribution in [-0.4, -0.2) is 37.5 Å². The lowest BCUT2D eigenvalue weighted by Crippen LogP contribution is -2.26. The SMILES string of the molecule is CCN(CC#N)CCCC(=O)NC. The maximum atomic E-state index is 10.8. The highest BCUT2D eigenvalue weighted by molar-refractivity contribution is 5.75. The van der Waals surface area contributed by atoms with Gasteiger partial charge in [-0.15, -0.1) is 0 Å². The van der Waals surface area contributed by atoms with Crippen molar-refractivity contribution in [1.29, 1.82) is 5.26 Å². The van der Waals surface area contributed by atoms with Crippen LogP contribution < -0.4 is 5.32 Å². The lowest BCUT2D eigenvalue weighted by Gasteiger charge is -2.15. The zero-order valence-corrected chi connectivity index (χ0v) is 8.34. The van der Waals surface area contributed by atoms with Crippen molar-refractivity contribution in [2.75, 3.05) is 26.7 Å². The maximum absolute atomic E-state index is 10.8. The summed E-state index contributed by atoms with van der Waals surface area (Å²) in [6.07, 6.45) is 1.35. The maximum Gasteiger partial charge on any atom is 0.219 e. The molecule has 0 saturated heterocycles. The molecule has 1 amide bonds.